The van der Waals surface area contributed by atoms with Crippen LogP contribution in [0.5, 0.6) is 0 Å². The van der Waals surface area contributed by atoms with Gasteiger partial charge in [-0.2, -0.15) is 4.31 Å². The van der Waals surface area contributed by atoms with Crippen molar-refractivity contribution in [1.29, 1.82) is 0 Å². The van der Waals surface area contributed by atoms with Crippen LogP contribution in [-0.4, -0.2) is 55.1 Å². The van der Waals surface area contributed by atoms with Gasteiger partial charge in [0.05, 0.1) is 6.26 Å². The third-order valence-corrected chi connectivity index (χ3v) is 7.07. The zero-order chi connectivity index (χ0) is 21.2. The van der Waals surface area contributed by atoms with Crippen LogP contribution in [0.15, 0.2) is 24.3 Å². The van der Waals surface area contributed by atoms with E-state index in [9.17, 15) is 8.42 Å². The second-order valence-corrected chi connectivity index (χ2v) is 10.1. The molecule has 1 aliphatic heterocycles. The van der Waals surface area contributed by atoms with Gasteiger partial charge in [-0.15, -0.1) is 0 Å². The van der Waals surface area contributed by atoms with Crippen molar-refractivity contribution in [3.8, 4) is 0 Å². The van der Waals surface area contributed by atoms with Crippen LogP contribution in [0.4, 0.5) is 5.82 Å². The molecule has 0 saturated carbocycles. The van der Waals surface area contributed by atoms with Gasteiger partial charge in [0.2, 0.25) is 10.0 Å². The van der Waals surface area contributed by atoms with Crippen molar-refractivity contribution in [2.45, 2.75) is 46.5 Å². The van der Waals surface area contributed by atoms with Crippen molar-refractivity contribution in [3.05, 3.63) is 52.5 Å². The van der Waals surface area contributed by atoms with Crippen molar-refractivity contribution < 1.29 is 8.42 Å². The first-order valence-electron chi connectivity index (χ1n) is 10.3. The summed E-state index contributed by atoms with van der Waals surface area (Å²) >= 11 is 0. The first kappa shape index (κ1) is 21.7. The minimum Gasteiger partial charge on any atom is -0.354 e. The van der Waals surface area contributed by atoms with Crippen molar-refractivity contribution in [1.82, 2.24) is 14.3 Å². The topological polar surface area (TPSA) is 66.4 Å². The molecule has 2 aromatic rings. The van der Waals surface area contributed by atoms with Crippen molar-refractivity contribution in [2.75, 3.05) is 37.3 Å². The van der Waals surface area contributed by atoms with Gasteiger partial charge < -0.3 is 4.90 Å². The minimum absolute atomic E-state index is 0.290. The van der Waals surface area contributed by atoms with Gasteiger partial charge in [0.25, 0.3) is 0 Å². The van der Waals surface area contributed by atoms with Crippen molar-refractivity contribution in [2.24, 2.45) is 0 Å². The molecule has 1 fully saturated rings. The van der Waals surface area contributed by atoms with E-state index in [2.05, 4.69) is 56.9 Å². The van der Waals surface area contributed by atoms with Gasteiger partial charge >= 0.3 is 0 Å². The van der Waals surface area contributed by atoms with Crippen LogP contribution in [0.2, 0.25) is 0 Å². The van der Waals surface area contributed by atoms with Crippen LogP contribution < -0.4 is 4.90 Å². The van der Waals surface area contributed by atoms with Crippen LogP contribution >= 0.6 is 0 Å². The highest BCUT2D eigenvalue weighted by Gasteiger charge is 2.27. The highest BCUT2D eigenvalue weighted by molar-refractivity contribution is 7.88. The van der Waals surface area contributed by atoms with E-state index in [1.165, 1.54) is 17.4 Å². The third kappa shape index (κ3) is 5.14. The normalized spacial score (nSPS) is 16.8. The molecular formula is C22H32N4O2S. The van der Waals surface area contributed by atoms with Crippen LogP contribution in [-0.2, 0) is 16.4 Å². The molecular weight excluding hydrogens is 384 g/mol. The number of aryl methyl sites for hydroxylation is 2. The average molecular weight is 417 g/mol. The number of nitrogens with zero attached hydrogens (tertiary/aromatic N) is 4. The number of hydrogen-bond donors (Lipinski definition) is 0. The monoisotopic (exact) mass is 416 g/mol. The number of sulfonamides is 1. The molecule has 3 rings (SSSR count). The van der Waals surface area contributed by atoms with Gasteiger partial charge in [0.15, 0.2) is 0 Å². The van der Waals surface area contributed by atoms with E-state index < -0.39 is 10.0 Å². The van der Waals surface area contributed by atoms with E-state index >= 15 is 0 Å². The number of benzene rings is 1. The maximum Gasteiger partial charge on any atom is 0.211 e. The molecule has 1 atom stereocenters. The van der Waals surface area contributed by atoms with E-state index in [0.717, 1.165) is 35.7 Å². The molecule has 0 bridgehead atoms. The van der Waals surface area contributed by atoms with Gasteiger partial charge in [0.1, 0.15) is 11.6 Å². The lowest BCUT2D eigenvalue weighted by Gasteiger charge is -2.35. The summed E-state index contributed by atoms with van der Waals surface area (Å²) in [5, 5.41) is 0. The Bertz CT molecular complexity index is 950. The largest absolute Gasteiger partial charge is 0.354 e. The molecule has 0 spiro atoms. The van der Waals surface area contributed by atoms with Gasteiger partial charge in [0, 0.05) is 49.8 Å². The number of piperazine rings is 1. The first-order chi connectivity index (χ1) is 13.7. The Morgan fingerprint density at radius 1 is 1.03 bits per heavy atom. The molecule has 0 aliphatic carbocycles. The fraction of sp³-hybridized carbons (Fsp3) is 0.545. The lowest BCUT2D eigenvalue weighted by Crippen LogP contribution is -2.49. The summed E-state index contributed by atoms with van der Waals surface area (Å²) in [4.78, 5) is 12.0. The molecule has 0 unspecified atom stereocenters. The van der Waals surface area contributed by atoms with Crippen LogP contribution in [0.3, 0.4) is 0 Å². The van der Waals surface area contributed by atoms with Gasteiger partial charge in [-0.1, -0.05) is 43.7 Å². The summed E-state index contributed by atoms with van der Waals surface area (Å²) in [5.74, 6) is 2.12. The maximum absolute atomic E-state index is 11.9. The standard InChI is InChI=1S/C22H32N4O2S/c1-6-17(3)21-23-18(4)20(15-19-9-7-16(2)8-10-19)22(24-21)25-11-13-26(14-12-25)29(5,27)28/h7-10,17H,6,11-15H2,1-5H3/t17-/m0/s1. The molecule has 1 aromatic heterocycles. The third-order valence-electron chi connectivity index (χ3n) is 5.77. The van der Waals surface area contributed by atoms with E-state index in [1.807, 2.05) is 0 Å². The van der Waals surface area contributed by atoms with Crippen molar-refractivity contribution >= 4 is 15.8 Å². The summed E-state index contributed by atoms with van der Waals surface area (Å²) < 4.78 is 25.3. The number of rotatable bonds is 6. The molecule has 1 saturated heterocycles. The predicted molar refractivity (Wildman–Crippen MR) is 118 cm³/mol. The summed E-state index contributed by atoms with van der Waals surface area (Å²) in [6, 6.07) is 8.57. The second kappa shape index (κ2) is 8.79. The quantitative estimate of drug-likeness (QED) is 0.723. The molecule has 7 heteroatoms. The molecule has 6 nitrogen and oxygen atoms in total. The van der Waals surface area contributed by atoms with Crippen LogP contribution in [0, 0.1) is 13.8 Å². The predicted octanol–water partition coefficient (Wildman–Crippen LogP) is 3.28. The average Bonchev–Trinajstić information content (AvgIpc) is 2.69. The molecule has 1 aromatic carbocycles. The van der Waals surface area contributed by atoms with E-state index in [-0.39, 0.29) is 5.92 Å². The summed E-state index contributed by atoms with van der Waals surface area (Å²) in [6.45, 7) is 10.7. The molecule has 0 N–H and O–H groups in total. The maximum atomic E-state index is 11.9. The molecule has 158 valence electrons. The summed E-state index contributed by atoms with van der Waals surface area (Å²) in [5.41, 5.74) is 4.62. The van der Waals surface area contributed by atoms with Crippen molar-refractivity contribution in [3.63, 3.8) is 0 Å². The number of anilines is 1. The van der Waals surface area contributed by atoms with E-state index in [0.29, 0.717) is 26.2 Å². The Morgan fingerprint density at radius 2 is 1.66 bits per heavy atom. The van der Waals surface area contributed by atoms with Gasteiger partial charge in [-0.3, -0.25) is 0 Å². The zero-order valence-electron chi connectivity index (χ0n) is 18.1. The highest BCUT2D eigenvalue weighted by atomic mass is 32.2. The number of aromatic nitrogens is 2. The fourth-order valence-electron chi connectivity index (χ4n) is 3.62. The lowest BCUT2D eigenvalue weighted by molar-refractivity contribution is 0.386. The Kier molecular flexibility index (Phi) is 6.58. The minimum atomic E-state index is -3.15. The number of hydrogen-bond acceptors (Lipinski definition) is 5. The summed E-state index contributed by atoms with van der Waals surface area (Å²) in [6.07, 6.45) is 3.04. The van der Waals surface area contributed by atoms with Crippen LogP contribution in [0.25, 0.3) is 0 Å². The zero-order valence-corrected chi connectivity index (χ0v) is 19.0. The first-order valence-corrected chi connectivity index (χ1v) is 12.2. The molecule has 2 heterocycles. The van der Waals surface area contributed by atoms with E-state index in [1.54, 1.807) is 4.31 Å². The van der Waals surface area contributed by atoms with Gasteiger partial charge in [-0.05, 0) is 25.8 Å². The Morgan fingerprint density at radius 3 is 2.21 bits per heavy atom. The molecule has 0 radical (unpaired) electrons. The lowest BCUT2D eigenvalue weighted by atomic mass is 10.0. The van der Waals surface area contributed by atoms with E-state index in [4.69, 9.17) is 9.97 Å². The van der Waals surface area contributed by atoms with Gasteiger partial charge in [-0.25, -0.2) is 18.4 Å². The highest BCUT2D eigenvalue weighted by Crippen LogP contribution is 2.28. The molecule has 29 heavy (non-hydrogen) atoms. The molecule has 0 amide bonds. The molecule has 1 aliphatic rings. The fourth-order valence-corrected chi connectivity index (χ4v) is 4.44. The SMILES string of the molecule is CC[C@H](C)c1nc(C)c(Cc2ccc(C)cc2)c(N2CCN(S(C)(=O)=O)CC2)n1. The Hall–Kier alpha value is -1.99. The Labute approximate surface area is 175 Å². The Balaban J connectivity index is 1.96. The summed E-state index contributed by atoms with van der Waals surface area (Å²) in [7, 11) is -3.15. The van der Waals surface area contributed by atoms with Crippen LogP contribution in [0.1, 0.15) is 54.4 Å². The second-order valence-electron chi connectivity index (χ2n) is 8.09. The smallest absolute Gasteiger partial charge is 0.211 e.